The molecule has 0 aromatic carbocycles. The molecule has 0 N–H and O–H groups in total. The summed E-state index contributed by atoms with van der Waals surface area (Å²) in [6.45, 7) is 6.46. The summed E-state index contributed by atoms with van der Waals surface area (Å²) in [7, 11) is 0. The first-order valence-corrected chi connectivity index (χ1v) is 26.3. The molecule has 0 aliphatic rings. The highest BCUT2D eigenvalue weighted by atomic mass is 16.6. The van der Waals surface area contributed by atoms with E-state index in [1.807, 2.05) is 0 Å². The maximum Gasteiger partial charge on any atom is 0.306 e. The average Bonchev–Trinajstić information content (AvgIpc) is 3.27. The highest BCUT2D eigenvalue weighted by Crippen LogP contribution is 2.15. The summed E-state index contributed by atoms with van der Waals surface area (Å²) in [5.74, 6) is -0.911. The zero-order valence-electron chi connectivity index (χ0n) is 40.9. The standard InChI is InChI=1S/C56H98O6/c1-4-7-10-13-16-19-22-24-26-27-28-29-30-32-34-37-40-43-46-49-55(58)61-52-53(51-60-54(57)48-45-42-39-36-33-21-18-15-12-9-6-3)62-56(59)50-47-44-41-38-35-31-25-23-20-17-14-11-8-5-2/h7,10,15-16,18-19,21,24,26,33,53H,4-6,8-9,11-14,17,20,22-23,25,27-32,34-52H2,1-3H3/b10-7-,18-15-,19-16-,26-24-,33-21-. The molecular weight excluding hydrogens is 769 g/mol. The molecule has 0 heterocycles. The Morgan fingerprint density at radius 3 is 1.15 bits per heavy atom. The van der Waals surface area contributed by atoms with Crippen LogP contribution in [0.1, 0.15) is 258 Å². The van der Waals surface area contributed by atoms with E-state index < -0.39 is 6.10 Å². The predicted octanol–water partition coefficient (Wildman–Crippen LogP) is 17.3. The van der Waals surface area contributed by atoms with Crippen molar-refractivity contribution >= 4 is 17.9 Å². The van der Waals surface area contributed by atoms with Crippen LogP contribution in [-0.4, -0.2) is 37.2 Å². The summed E-state index contributed by atoms with van der Waals surface area (Å²) in [6, 6.07) is 0. The lowest BCUT2D eigenvalue weighted by atomic mass is 10.0. The lowest BCUT2D eigenvalue weighted by Gasteiger charge is -2.18. The van der Waals surface area contributed by atoms with E-state index in [9.17, 15) is 14.4 Å². The van der Waals surface area contributed by atoms with Gasteiger partial charge in [-0.3, -0.25) is 14.4 Å². The average molecular weight is 867 g/mol. The van der Waals surface area contributed by atoms with Crippen LogP contribution < -0.4 is 0 Å². The Bertz CT molecular complexity index is 1130. The Labute approximate surface area is 383 Å². The molecule has 0 radical (unpaired) electrons. The lowest BCUT2D eigenvalue weighted by molar-refractivity contribution is -0.167. The van der Waals surface area contributed by atoms with Gasteiger partial charge in [0, 0.05) is 19.3 Å². The number of hydrogen-bond donors (Lipinski definition) is 0. The first kappa shape index (κ1) is 59.1. The fraction of sp³-hybridized carbons (Fsp3) is 0.768. The number of carbonyl (C=O) groups is 3. The summed E-state index contributed by atoms with van der Waals surface area (Å²) >= 11 is 0. The number of carbonyl (C=O) groups excluding carboxylic acids is 3. The van der Waals surface area contributed by atoms with Crippen LogP contribution in [-0.2, 0) is 28.6 Å². The quantitative estimate of drug-likeness (QED) is 0.0199. The minimum absolute atomic E-state index is 0.0837. The molecule has 62 heavy (non-hydrogen) atoms. The minimum atomic E-state index is -0.784. The van der Waals surface area contributed by atoms with Crippen molar-refractivity contribution in [2.45, 2.75) is 264 Å². The largest absolute Gasteiger partial charge is 0.462 e. The summed E-state index contributed by atoms with van der Waals surface area (Å²) in [5, 5.41) is 0. The summed E-state index contributed by atoms with van der Waals surface area (Å²) < 4.78 is 16.8. The van der Waals surface area contributed by atoms with Crippen molar-refractivity contribution in [1.29, 1.82) is 0 Å². The van der Waals surface area contributed by atoms with Gasteiger partial charge in [-0.15, -0.1) is 0 Å². The molecule has 0 saturated carbocycles. The Hall–Kier alpha value is -2.89. The number of rotatable bonds is 47. The molecule has 0 saturated heterocycles. The van der Waals surface area contributed by atoms with Crippen molar-refractivity contribution in [3.8, 4) is 0 Å². The van der Waals surface area contributed by atoms with Crippen LogP contribution in [0.3, 0.4) is 0 Å². The number of hydrogen-bond acceptors (Lipinski definition) is 6. The van der Waals surface area contributed by atoms with E-state index in [0.29, 0.717) is 19.3 Å². The monoisotopic (exact) mass is 867 g/mol. The molecule has 6 nitrogen and oxygen atoms in total. The summed E-state index contributed by atoms with van der Waals surface area (Å²) in [6.07, 6.45) is 62.1. The van der Waals surface area contributed by atoms with Crippen LogP contribution in [0.4, 0.5) is 0 Å². The van der Waals surface area contributed by atoms with Crippen LogP contribution in [0.25, 0.3) is 0 Å². The topological polar surface area (TPSA) is 78.9 Å². The highest BCUT2D eigenvalue weighted by molar-refractivity contribution is 5.71. The molecule has 1 atom stereocenters. The molecule has 0 aliphatic carbocycles. The molecule has 0 aromatic heterocycles. The van der Waals surface area contributed by atoms with Gasteiger partial charge in [0.05, 0.1) is 0 Å². The third-order valence-electron chi connectivity index (χ3n) is 11.3. The SMILES string of the molecule is CC/C=C\C/C=C\C/C=C\CCCCCCCCCCCC(=O)OCC(COC(=O)CCCCC/C=C\C=C/CCCC)OC(=O)CCCCCCCCCCCCCCCC. The second kappa shape index (κ2) is 50.8. The molecule has 0 aliphatic heterocycles. The Kier molecular flexibility index (Phi) is 48.4. The second-order valence-electron chi connectivity index (χ2n) is 17.4. The smallest absolute Gasteiger partial charge is 0.306 e. The lowest BCUT2D eigenvalue weighted by Crippen LogP contribution is -2.30. The first-order valence-electron chi connectivity index (χ1n) is 26.3. The first-order chi connectivity index (χ1) is 30.5. The van der Waals surface area contributed by atoms with Gasteiger partial charge in [0.25, 0.3) is 0 Å². The molecule has 0 bridgehead atoms. The highest BCUT2D eigenvalue weighted by Gasteiger charge is 2.19. The fourth-order valence-electron chi connectivity index (χ4n) is 7.32. The van der Waals surface area contributed by atoms with Gasteiger partial charge in [0.1, 0.15) is 13.2 Å². The molecule has 0 amide bonds. The predicted molar refractivity (Wildman–Crippen MR) is 265 cm³/mol. The third-order valence-corrected chi connectivity index (χ3v) is 11.3. The summed E-state index contributed by atoms with van der Waals surface area (Å²) in [5.41, 5.74) is 0. The molecule has 358 valence electrons. The van der Waals surface area contributed by atoms with Crippen LogP contribution in [0.2, 0.25) is 0 Å². The Balaban J connectivity index is 4.34. The third kappa shape index (κ3) is 48.1. The molecule has 0 fully saturated rings. The number of esters is 3. The Morgan fingerprint density at radius 1 is 0.355 bits per heavy atom. The van der Waals surface area contributed by atoms with Crippen LogP contribution >= 0.6 is 0 Å². The van der Waals surface area contributed by atoms with Gasteiger partial charge < -0.3 is 14.2 Å². The number of unbranched alkanes of at least 4 members (excludes halogenated alkanes) is 27. The van der Waals surface area contributed by atoms with E-state index in [2.05, 4.69) is 81.5 Å². The van der Waals surface area contributed by atoms with Gasteiger partial charge in [0.2, 0.25) is 0 Å². The van der Waals surface area contributed by atoms with E-state index in [-0.39, 0.29) is 31.1 Å². The van der Waals surface area contributed by atoms with Gasteiger partial charge in [-0.05, 0) is 70.6 Å². The van der Waals surface area contributed by atoms with E-state index in [4.69, 9.17) is 14.2 Å². The molecule has 0 aromatic rings. The van der Waals surface area contributed by atoms with E-state index >= 15 is 0 Å². The minimum Gasteiger partial charge on any atom is -0.462 e. The van der Waals surface area contributed by atoms with Gasteiger partial charge in [-0.2, -0.15) is 0 Å². The normalized spacial score (nSPS) is 12.5. The zero-order valence-corrected chi connectivity index (χ0v) is 40.9. The van der Waals surface area contributed by atoms with Crippen molar-refractivity contribution in [2.24, 2.45) is 0 Å². The Morgan fingerprint density at radius 2 is 0.694 bits per heavy atom. The van der Waals surface area contributed by atoms with Crippen molar-refractivity contribution in [3.63, 3.8) is 0 Å². The number of allylic oxidation sites excluding steroid dienone is 10. The molecule has 0 rings (SSSR count). The van der Waals surface area contributed by atoms with Crippen molar-refractivity contribution in [2.75, 3.05) is 13.2 Å². The zero-order chi connectivity index (χ0) is 45.1. The molecular formula is C56H98O6. The molecule has 6 heteroatoms. The van der Waals surface area contributed by atoms with Crippen molar-refractivity contribution in [3.05, 3.63) is 60.8 Å². The van der Waals surface area contributed by atoms with Crippen molar-refractivity contribution in [1.82, 2.24) is 0 Å². The molecule has 0 spiro atoms. The summed E-state index contributed by atoms with van der Waals surface area (Å²) in [4.78, 5) is 37.9. The maximum absolute atomic E-state index is 12.8. The van der Waals surface area contributed by atoms with E-state index in [1.165, 1.54) is 128 Å². The molecule has 1 unspecified atom stereocenters. The van der Waals surface area contributed by atoms with Gasteiger partial charge in [0.15, 0.2) is 6.10 Å². The van der Waals surface area contributed by atoms with Gasteiger partial charge in [-0.25, -0.2) is 0 Å². The van der Waals surface area contributed by atoms with Crippen LogP contribution in [0.15, 0.2) is 60.8 Å². The van der Waals surface area contributed by atoms with E-state index in [1.54, 1.807) is 0 Å². The van der Waals surface area contributed by atoms with Crippen molar-refractivity contribution < 1.29 is 28.6 Å². The number of ether oxygens (including phenoxy) is 3. The second-order valence-corrected chi connectivity index (χ2v) is 17.4. The van der Waals surface area contributed by atoms with E-state index in [0.717, 1.165) is 89.9 Å². The van der Waals surface area contributed by atoms with Crippen LogP contribution in [0, 0.1) is 0 Å². The fourth-order valence-corrected chi connectivity index (χ4v) is 7.32. The van der Waals surface area contributed by atoms with Gasteiger partial charge >= 0.3 is 17.9 Å². The van der Waals surface area contributed by atoms with Crippen LogP contribution in [0.5, 0.6) is 0 Å². The van der Waals surface area contributed by atoms with Gasteiger partial charge in [-0.1, -0.05) is 229 Å². The maximum atomic E-state index is 12.8.